The molecule has 0 saturated carbocycles. The number of amides is 1. The summed E-state index contributed by atoms with van der Waals surface area (Å²) in [5.74, 6) is -0.244. The maximum Gasteiger partial charge on any atom is 0.325 e. The minimum absolute atomic E-state index is 0.0178. The summed E-state index contributed by atoms with van der Waals surface area (Å²) in [6.07, 6.45) is 0.656. The number of esters is 1. The summed E-state index contributed by atoms with van der Waals surface area (Å²) in [6, 6.07) is 9.04. The number of methoxy groups -OCH3 is 1. The first kappa shape index (κ1) is 20.2. The van der Waals surface area contributed by atoms with Crippen molar-refractivity contribution in [2.24, 2.45) is 11.8 Å². The van der Waals surface area contributed by atoms with E-state index in [2.05, 4.69) is 0 Å². The fourth-order valence-electron chi connectivity index (χ4n) is 2.35. The molecule has 0 saturated heterocycles. The Bertz CT molecular complexity index is 559. The Labute approximate surface area is 147 Å². The van der Waals surface area contributed by atoms with E-state index in [4.69, 9.17) is 4.74 Å². The van der Waals surface area contributed by atoms with Crippen LogP contribution in [0.4, 0.5) is 5.69 Å². The average molecular weight is 351 g/mol. The van der Waals surface area contributed by atoms with Gasteiger partial charge in [-0.1, -0.05) is 43.8 Å². The largest absolute Gasteiger partial charge is 0.468 e. The summed E-state index contributed by atoms with van der Waals surface area (Å²) < 4.78 is 4.72. The summed E-state index contributed by atoms with van der Waals surface area (Å²) >= 11 is 1.14. The van der Waals surface area contributed by atoms with Gasteiger partial charge in [0.05, 0.1) is 7.11 Å². The van der Waals surface area contributed by atoms with E-state index < -0.39 is 5.97 Å². The van der Waals surface area contributed by atoms with Crippen LogP contribution >= 0.6 is 11.8 Å². The van der Waals surface area contributed by atoms with Gasteiger partial charge in [-0.2, -0.15) is 0 Å². The molecule has 1 amide bonds. The van der Waals surface area contributed by atoms with Crippen LogP contribution in [0.15, 0.2) is 30.3 Å². The zero-order valence-corrected chi connectivity index (χ0v) is 15.5. The van der Waals surface area contributed by atoms with E-state index in [0.29, 0.717) is 23.8 Å². The Kier molecular flexibility index (Phi) is 8.54. The van der Waals surface area contributed by atoms with Gasteiger partial charge in [0.25, 0.3) is 0 Å². The summed E-state index contributed by atoms with van der Waals surface area (Å²) in [5, 5.41) is -0.0178. The fraction of sp³-hybridized carbons (Fsp3) is 0.500. The molecular weight excluding hydrogens is 326 g/mol. The normalized spacial score (nSPS) is 11.9. The van der Waals surface area contributed by atoms with E-state index >= 15 is 0 Å². The summed E-state index contributed by atoms with van der Waals surface area (Å²) in [7, 11) is 1.30. The molecule has 1 aromatic rings. The molecule has 1 unspecified atom stereocenters. The minimum atomic E-state index is -0.477. The van der Waals surface area contributed by atoms with E-state index in [-0.39, 0.29) is 23.5 Å². The fourth-order valence-corrected chi connectivity index (χ4v) is 3.06. The number of rotatable bonds is 8. The number of benzene rings is 1. The topological polar surface area (TPSA) is 63.7 Å². The maximum absolute atomic E-state index is 13.0. The summed E-state index contributed by atoms with van der Waals surface area (Å²) in [5.41, 5.74) is 0.648. The second-order valence-electron chi connectivity index (χ2n) is 5.97. The molecule has 0 aliphatic rings. The van der Waals surface area contributed by atoms with Crippen molar-refractivity contribution < 1.29 is 19.1 Å². The van der Waals surface area contributed by atoms with Gasteiger partial charge >= 0.3 is 5.97 Å². The second-order valence-corrected chi connectivity index (χ2v) is 7.16. The lowest BCUT2D eigenvalue weighted by Gasteiger charge is -2.27. The van der Waals surface area contributed by atoms with Crippen LogP contribution in [0, 0.1) is 11.8 Å². The quantitative estimate of drug-likeness (QED) is 0.673. The highest BCUT2D eigenvalue weighted by molar-refractivity contribution is 8.13. The number of anilines is 1. The van der Waals surface area contributed by atoms with Crippen LogP contribution in [0.25, 0.3) is 0 Å². The lowest BCUT2D eigenvalue weighted by atomic mass is 9.97. The molecule has 0 bridgehead atoms. The summed E-state index contributed by atoms with van der Waals surface area (Å²) in [4.78, 5) is 37.5. The minimum Gasteiger partial charge on any atom is -0.468 e. The molecular formula is C18H25NO4S. The molecule has 132 valence electrons. The smallest absolute Gasteiger partial charge is 0.325 e. The first-order valence-electron chi connectivity index (χ1n) is 7.91. The maximum atomic E-state index is 13.0. The number of carbonyl (C=O) groups is 3. The molecule has 5 nitrogen and oxygen atoms in total. The van der Waals surface area contributed by atoms with E-state index in [1.807, 2.05) is 32.0 Å². The third kappa shape index (κ3) is 6.74. The SMILES string of the molecule is COC(=O)CN(C(=O)C(CSC(C)=O)CC(C)C)c1ccccc1. The summed E-state index contributed by atoms with van der Waals surface area (Å²) in [6.45, 7) is 5.42. The van der Waals surface area contributed by atoms with Gasteiger partial charge in [0.2, 0.25) is 5.91 Å². The predicted octanol–water partition coefficient (Wildman–Crippen LogP) is 3.13. The van der Waals surface area contributed by atoms with Crippen LogP contribution in [0.1, 0.15) is 27.2 Å². The highest BCUT2D eigenvalue weighted by atomic mass is 32.2. The highest BCUT2D eigenvalue weighted by Crippen LogP contribution is 2.24. The van der Waals surface area contributed by atoms with Crippen molar-refractivity contribution >= 4 is 34.4 Å². The third-order valence-corrected chi connectivity index (χ3v) is 4.42. The van der Waals surface area contributed by atoms with Crippen LogP contribution in [0.5, 0.6) is 0 Å². The third-order valence-electron chi connectivity index (χ3n) is 3.44. The van der Waals surface area contributed by atoms with Crippen molar-refractivity contribution in [1.82, 2.24) is 0 Å². The molecule has 0 aliphatic carbocycles. The molecule has 0 fully saturated rings. The molecule has 24 heavy (non-hydrogen) atoms. The van der Waals surface area contributed by atoms with Gasteiger partial charge in [0.15, 0.2) is 5.12 Å². The Hall–Kier alpha value is -1.82. The lowest BCUT2D eigenvalue weighted by molar-refractivity contribution is -0.140. The molecule has 0 aliphatic heterocycles. The Morgan fingerprint density at radius 1 is 1.17 bits per heavy atom. The van der Waals surface area contributed by atoms with Gasteiger partial charge in [0, 0.05) is 24.3 Å². The van der Waals surface area contributed by atoms with Crippen LogP contribution in [0.2, 0.25) is 0 Å². The van der Waals surface area contributed by atoms with Crippen LogP contribution < -0.4 is 4.90 Å². The van der Waals surface area contributed by atoms with Gasteiger partial charge in [-0.05, 0) is 24.5 Å². The monoisotopic (exact) mass is 351 g/mol. The van der Waals surface area contributed by atoms with Crippen molar-refractivity contribution in [1.29, 1.82) is 0 Å². The molecule has 1 atom stereocenters. The van der Waals surface area contributed by atoms with Crippen LogP contribution in [0.3, 0.4) is 0 Å². The molecule has 0 radical (unpaired) electrons. The van der Waals surface area contributed by atoms with E-state index in [9.17, 15) is 14.4 Å². The van der Waals surface area contributed by atoms with Crippen LogP contribution in [-0.4, -0.2) is 36.4 Å². The number of carbonyl (C=O) groups excluding carboxylic acids is 3. The van der Waals surface area contributed by atoms with Gasteiger partial charge in [-0.15, -0.1) is 0 Å². The molecule has 0 heterocycles. The molecule has 0 spiro atoms. The molecule has 0 N–H and O–H groups in total. The average Bonchev–Trinajstić information content (AvgIpc) is 2.55. The van der Waals surface area contributed by atoms with Gasteiger partial charge in [-0.3, -0.25) is 14.4 Å². The number of thioether (sulfide) groups is 1. The van der Waals surface area contributed by atoms with Gasteiger partial charge in [0.1, 0.15) is 6.54 Å². The van der Waals surface area contributed by atoms with Crippen molar-refractivity contribution in [2.45, 2.75) is 27.2 Å². The number of hydrogen-bond donors (Lipinski definition) is 0. The van der Waals surface area contributed by atoms with Crippen LogP contribution in [-0.2, 0) is 19.1 Å². The lowest BCUT2D eigenvalue weighted by Crippen LogP contribution is -2.41. The predicted molar refractivity (Wildman–Crippen MR) is 96.9 cm³/mol. The van der Waals surface area contributed by atoms with Gasteiger partial charge in [-0.25, -0.2) is 0 Å². The Morgan fingerprint density at radius 2 is 1.79 bits per heavy atom. The van der Waals surface area contributed by atoms with Crippen molar-refractivity contribution in [3.05, 3.63) is 30.3 Å². The first-order chi connectivity index (χ1) is 11.3. The van der Waals surface area contributed by atoms with Crippen molar-refractivity contribution in [2.75, 3.05) is 24.3 Å². The van der Waals surface area contributed by atoms with E-state index in [0.717, 1.165) is 11.8 Å². The highest BCUT2D eigenvalue weighted by Gasteiger charge is 2.28. The first-order valence-corrected chi connectivity index (χ1v) is 8.90. The number of nitrogens with zero attached hydrogens (tertiary/aromatic N) is 1. The molecule has 1 rings (SSSR count). The van der Waals surface area contributed by atoms with Gasteiger partial charge < -0.3 is 9.64 Å². The number of hydrogen-bond acceptors (Lipinski definition) is 5. The number of para-hydroxylation sites is 1. The molecule has 1 aromatic carbocycles. The Balaban J connectivity index is 3.04. The van der Waals surface area contributed by atoms with E-state index in [1.54, 1.807) is 12.1 Å². The zero-order chi connectivity index (χ0) is 18.1. The molecule has 6 heteroatoms. The van der Waals surface area contributed by atoms with Crippen molar-refractivity contribution in [3.8, 4) is 0 Å². The second kappa shape index (κ2) is 10.1. The van der Waals surface area contributed by atoms with E-state index in [1.165, 1.54) is 18.9 Å². The molecule has 0 aromatic heterocycles. The standard InChI is InChI=1S/C18H25NO4S/c1-13(2)10-15(12-24-14(3)20)18(22)19(11-17(21)23-4)16-8-6-5-7-9-16/h5-9,13,15H,10-12H2,1-4H3. The van der Waals surface area contributed by atoms with Crippen molar-refractivity contribution in [3.63, 3.8) is 0 Å². The Morgan fingerprint density at radius 3 is 2.29 bits per heavy atom. The number of ether oxygens (including phenoxy) is 1. The zero-order valence-electron chi connectivity index (χ0n) is 14.7.